The van der Waals surface area contributed by atoms with Crippen LogP contribution < -0.4 is 14.3 Å². The fourth-order valence-corrected chi connectivity index (χ4v) is 3.22. The third kappa shape index (κ3) is 3.12. The van der Waals surface area contributed by atoms with Crippen molar-refractivity contribution in [1.82, 2.24) is 4.57 Å². The Morgan fingerprint density at radius 3 is 2.65 bits per heavy atom. The molecule has 0 aliphatic carbocycles. The van der Waals surface area contributed by atoms with E-state index in [2.05, 4.69) is 22.3 Å². The second-order valence-electron chi connectivity index (χ2n) is 4.86. The van der Waals surface area contributed by atoms with E-state index in [9.17, 15) is 0 Å². The van der Waals surface area contributed by atoms with Crippen molar-refractivity contribution in [2.24, 2.45) is 17.3 Å². The van der Waals surface area contributed by atoms with Gasteiger partial charge in [-0.25, -0.2) is 0 Å². The Hall–Kier alpha value is -2.60. The smallest absolute Gasteiger partial charge is 0.211 e. The highest BCUT2D eigenvalue weighted by molar-refractivity contribution is 7.16. The maximum Gasteiger partial charge on any atom is 0.211 e. The molecule has 23 heavy (non-hydrogen) atoms. The minimum absolute atomic E-state index is 0.698. The number of nitrogens with zero attached hydrogens (tertiary/aromatic N) is 3. The van der Waals surface area contributed by atoms with Gasteiger partial charge in [-0.3, -0.25) is 0 Å². The highest BCUT2D eigenvalue weighted by atomic mass is 32.1. The van der Waals surface area contributed by atoms with Crippen molar-refractivity contribution >= 4 is 27.8 Å². The molecule has 0 aliphatic heterocycles. The molecule has 0 unspecified atom stereocenters. The SMILES string of the molecule is COc1ccc(/C=N/N=c2/sc3ccccc3n2C)c(OC)c1. The average Bonchev–Trinajstić information content (AvgIpc) is 2.91. The van der Waals surface area contributed by atoms with Crippen molar-refractivity contribution < 1.29 is 9.47 Å². The summed E-state index contributed by atoms with van der Waals surface area (Å²) in [4.78, 5) is 0.843. The zero-order valence-electron chi connectivity index (χ0n) is 13.2. The number of thiazole rings is 1. The number of methoxy groups -OCH3 is 2. The Morgan fingerprint density at radius 2 is 1.91 bits per heavy atom. The molecule has 0 saturated carbocycles. The summed E-state index contributed by atoms with van der Waals surface area (Å²) >= 11 is 1.61. The highest BCUT2D eigenvalue weighted by Gasteiger charge is 2.03. The maximum atomic E-state index is 5.35. The van der Waals surface area contributed by atoms with E-state index in [1.807, 2.05) is 41.9 Å². The molecule has 0 aliphatic rings. The molecular weight excluding hydrogens is 310 g/mol. The van der Waals surface area contributed by atoms with E-state index in [4.69, 9.17) is 9.47 Å². The molecule has 0 N–H and O–H groups in total. The lowest BCUT2D eigenvalue weighted by atomic mass is 10.2. The van der Waals surface area contributed by atoms with Crippen molar-refractivity contribution in [3.8, 4) is 11.5 Å². The Bertz CT molecular complexity index is 925. The van der Waals surface area contributed by atoms with E-state index in [-0.39, 0.29) is 0 Å². The van der Waals surface area contributed by atoms with Gasteiger partial charge in [-0.15, -0.1) is 5.10 Å². The van der Waals surface area contributed by atoms with Crippen LogP contribution in [0.2, 0.25) is 0 Å². The van der Waals surface area contributed by atoms with E-state index in [0.717, 1.165) is 21.6 Å². The topological polar surface area (TPSA) is 48.1 Å². The van der Waals surface area contributed by atoms with Crippen molar-refractivity contribution in [3.63, 3.8) is 0 Å². The number of para-hydroxylation sites is 1. The van der Waals surface area contributed by atoms with Gasteiger partial charge in [0.1, 0.15) is 11.5 Å². The van der Waals surface area contributed by atoms with Gasteiger partial charge in [0.25, 0.3) is 0 Å². The van der Waals surface area contributed by atoms with Crippen molar-refractivity contribution in [3.05, 3.63) is 52.8 Å². The lowest BCUT2D eigenvalue weighted by Gasteiger charge is -2.06. The van der Waals surface area contributed by atoms with Gasteiger partial charge in [0.2, 0.25) is 4.80 Å². The summed E-state index contributed by atoms with van der Waals surface area (Å²) in [5.74, 6) is 1.44. The van der Waals surface area contributed by atoms with Crippen molar-refractivity contribution in [2.75, 3.05) is 14.2 Å². The first kappa shape index (κ1) is 15.3. The van der Waals surface area contributed by atoms with Crippen LogP contribution in [-0.4, -0.2) is 25.0 Å². The molecule has 5 nitrogen and oxygen atoms in total. The molecule has 118 valence electrons. The number of benzene rings is 2. The molecule has 1 aromatic heterocycles. The third-order valence-electron chi connectivity index (χ3n) is 3.50. The average molecular weight is 327 g/mol. The minimum atomic E-state index is 0.698. The van der Waals surface area contributed by atoms with Crippen LogP contribution >= 0.6 is 11.3 Å². The first-order chi connectivity index (χ1) is 11.2. The first-order valence-electron chi connectivity index (χ1n) is 7.06. The zero-order chi connectivity index (χ0) is 16.2. The van der Waals surface area contributed by atoms with Gasteiger partial charge in [0, 0.05) is 18.7 Å². The normalized spacial score (nSPS) is 12.2. The molecule has 2 aromatic carbocycles. The summed E-state index contributed by atoms with van der Waals surface area (Å²) in [5.41, 5.74) is 1.99. The molecule has 6 heteroatoms. The van der Waals surface area contributed by atoms with E-state index in [0.29, 0.717) is 5.75 Å². The predicted octanol–water partition coefficient (Wildman–Crippen LogP) is 3.19. The van der Waals surface area contributed by atoms with Crippen molar-refractivity contribution in [2.45, 2.75) is 0 Å². The molecule has 3 aromatic rings. The molecule has 0 fully saturated rings. The molecule has 3 rings (SSSR count). The second kappa shape index (κ2) is 6.66. The second-order valence-corrected chi connectivity index (χ2v) is 5.87. The van der Waals surface area contributed by atoms with Crippen LogP contribution in [0, 0.1) is 0 Å². The lowest BCUT2D eigenvalue weighted by Crippen LogP contribution is -2.08. The summed E-state index contributed by atoms with van der Waals surface area (Å²) in [6.45, 7) is 0. The zero-order valence-corrected chi connectivity index (χ0v) is 14.0. The van der Waals surface area contributed by atoms with E-state index in [1.54, 1.807) is 31.8 Å². The lowest BCUT2D eigenvalue weighted by molar-refractivity contribution is 0.394. The van der Waals surface area contributed by atoms with Gasteiger partial charge in [0.15, 0.2) is 0 Å². The van der Waals surface area contributed by atoms with Crippen LogP contribution in [0.4, 0.5) is 0 Å². The van der Waals surface area contributed by atoms with Gasteiger partial charge in [-0.1, -0.05) is 23.5 Å². The molecular formula is C17H17N3O2S. The van der Waals surface area contributed by atoms with Gasteiger partial charge in [-0.2, -0.15) is 5.10 Å². The van der Waals surface area contributed by atoms with Crippen LogP contribution in [0.3, 0.4) is 0 Å². The molecule has 0 spiro atoms. The molecule has 0 amide bonds. The molecule has 0 bridgehead atoms. The highest BCUT2D eigenvalue weighted by Crippen LogP contribution is 2.23. The molecule has 0 atom stereocenters. The quantitative estimate of drug-likeness (QED) is 0.546. The molecule has 1 heterocycles. The number of hydrogen-bond donors (Lipinski definition) is 0. The number of aryl methyl sites for hydroxylation is 1. The summed E-state index contributed by atoms with van der Waals surface area (Å²) < 4.78 is 13.7. The van der Waals surface area contributed by atoms with Gasteiger partial charge < -0.3 is 14.0 Å². The number of aromatic nitrogens is 1. The summed E-state index contributed by atoms with van der Waals surface area (Å²) in [6.07, 6.45) is 1.68. The van der Waals surface area contributed by atoms with Crippen LogP contribution in [0.1, 0.15) is 5.56 Å². The Kier molecular flexibility index (Phi) is 4.43. The van der Waals surface area contributed by atoms with Crippen LogP contribution in [-0.2, 0) is 7.05 Å². The molecule has 0 saturated heterocycles. The van der Waals surface area contributed by atoms with E-state index >= 15 is 0 Å². The third-order valence-corrected chi connectivity index (χ3v) is 4.60. The van der Waals surface area contributed by atoms with Crippen molar-refractivity contribution in [1.29, 1.82) is 0 Å². The van der Waals surface area contributed by atoms with E-state index < -0.39 is 0 Å². The minimum Gasteiger partial charge on any atom is -0.497 e. The van der Waals surface area contributed by atoms with Crippen LogP contribution in [0.15, 0.2) is 52.7 Å². The largest absolute Gasteiger partial charge is 0.497 e. The maximum absolute atomic E-state index is 5.35. The Morgan fingerprint density at radius 1 is 1.09 bits per heavy atom. The first-order valence-corrected chi connectivity index (χ1v) is 7.88. The summed E-state index contributed by atoms with van der Waals surface area (Å²) in [5, 5.41) is 8.52. The summed E-state index contributed by atoms with van der Waals surface area (Å²) in [7, 11) is 5.23. The Labute approximate surface area is 138 Å². The standard InChI is InChI=1S/C17H17N3O2S/c1-20-14-6-4-5-7-16(14)23-17(20)19-18-11-12-8-9-13(21-2)10-15(12)22-3/h4-11H,1-3H3/b18-11+,19-17+. The van der Waals surface area contributed by atoms with Gasteiger partial charge in [-0.05, 0) is 24.3 Å². The fraction of sp³-hybridized carbons (Fsp3) is 0.176. The predicted molar refractivity (Wildman–Crippen MR) is 93.5 cm³/mol. The van der Waals surface area contributed by atoms with Crippen LogP contribution in [0.25, 0.3) is 10.2 Å². The number of fused-ring (bicyclic) bond motifs is 1. The van der Waals surface area contributed by atoms with E-state index in [1.165, 1.54) is 4.70 Å². The summed E-state index contributed by atoms with van der Waals surface area (Å²) in [6, 6.07) is 13.8. The number of hydrogen-bond acceptors (Lipinski definition) is 5. The number of ether oxygens (including phenoxy) is 2. The number of rotatable bonds is 4. The van der Waals surface area contributed by atoms with Gasteiger partial charge >= 0.3 is 0 Å². The molecule has 0 radical (unpaired) electrons. The Balaban J connectivity index is 1.95. The van der Waals surface area contributed by atoms with Crippen LogP contribution in [0.5, 0.6) is 11.5 Å². The van der Waals surface area contributed by atoms with Gasteiger partial charge in [0.05, 0.1) is 30.7 Å². The monoisotopic (exact) mass is 327 g/mol. The fourth-order valence-electron chi connectivity index (χ4n) is 2.24.